The molecule has 21 heavy (non-hydrogen) atoms. The van der Waals surface area contributed by atoms with Crippen molar-refractivity contribution >= 4 is 33.2 Å². The van der Waals surface area contributed by atoms with Crippen LogP contribution in [0.25, 0.3) is 0 Å². The van der Waals surface area contributed by atoms with Crippen molar-refractivity contribution in [3.63, 3.8) is 0 Å². The molecule has 0 amide bonds. The number of nitrogens with zero attached hydrogens (tertiary/aromatic N) is 1. The third-order valence-electron chi connectivity index (χ3n) is 3.47. The monoisotopic (exact) mass is 354 g/mol. The van der Waals surface area contributed by atoms with Gasteiger partial charge in [-0.1, -0.05) is 23.2 Å². The summed E-state index contributed by atoms with van der Waals surface area (Å²) in [5, 5.41) is 9.43. The maximum atomic E-state index is 12.4. The molecule has 8 heteroatoms. The van der Waals surface area contributed by atoms with Crippen LogP contribution in [0, 0.1) is 0 Å². The fourth-order valence-electron chi connectivity index (χ4n) is 1.41. The van der Waals surface area contributed by atoms with Crippen molar-refractivity contribution in [2.24, 2.45) is 0 Å². The average molecular weight is 355 g/mol. The Morgan fingerprint density at radius 1 is 1.24 bits per heavy atom. The average Bonchev–Trinajstić information content (AvgIpc) is 2.36. The molecule has 0 unspecified atom stereocenters. The lowest BCUT2D eigenvalue weighted by Gasteiger charge is -2.32. The van der Waals surface area contributed by atoms with Crippen LogP contribution < -0.4 is 4.72 Å². The van der Waals surface area contributed by atoms with Crippen LogP contribution in [0.2, 0.25) is 10.0 Å². The normalized spacial score (nSPS) is 13.0. The molecule has 1 rings (SSSR count). The Labute approximate surface area is 135 Å². The number of benzene rings is 1. The zero-order chi connectivity index (χ0) is 16.4. The molecule has 0 radical (unpaired) electrons. The van der Waals surface area contributed by atoms with E-state index in [4.69, 9.17) is 23.2 Å². The minimum Gasteiger partial charge on any atom is -0.392 e. The Balaban J connectivity index is 3.09. The van der Waals surface area contributed by atoms with Crippen molar-refractivity contribution < 1.29 is 13.5 Å². The van der Waals surface area contributed by atoms with Crippen LogP contribution in [0.15, 0.2) is 17.0 Å². The molecule has 0 bridgehead atoms. The highest BCUT2D eigenvalue weighted by Gasteiger charge is 2.26. The third kappa shape index (κ3) is 4.55. The minimum atomic E-state index is -3.79. The van der Waals surface area contributed by atoms with Crippen molar-refractivity contribution in [3.8, 4) is 0 Å². The van der Waals surface area contributed by atoms with Gasteiger partial charge in [-0.15, -0.1) is 0 Å². The first kappa shape index (κ1) is 18.7. The first-order valence-electron chi connectivity index (χ1n) is 6.27. The Kier molecular flexibility index (Phi) is 6.06. The lowest BCUT2D eigenvalue weighted by Crippen LogP contribution is -2.48. The first-order chi connectivity index (χ1) is 9.51. The van der Waals surface area contributed by atoms with Gasteiger partial charge in [0.15, 0.2) is 0 Å². The Bertz CT molecular complexity index is 616. The molecule has 0 saturated carbocycles. The number of hydrogen-bond donors (Lipinski definition) is 2. The van der Waals surface area contributed by atoms with Crippen molar-refractivity contribution in [1.82, 2.24) is 9.62 Å². The molecular weight excluding hydrogens is 335 g/mol. The Hall–Kier alpha value is -0.370. The van der Waals surface area contributed by atoms with Gasteiger partial charge in [-0.2, -0.15) is 0 Å². The first-order valence-corrected chi connectivity index (χ1v) is 8.51. The Morgan fingerprint density at radius 3 is 2.29 bits per heavy atom. The van der Waals surface area contributed by atoms with Gasteiger partial charge >= 0.3 is 0 Å². The molecule has 120 valence electrons. The van der Waals surface area contributed by atoms with Crippen LogP contribution in [0.5, 0.6) is 0 Å². The lowest BCUT2D eigenvalue weighted by molar-refractivity contribution is 0.199. The fraction of sp³-hybridized carbons (Fsp3) is 0.538. The molecule has 0 aliphatic rings. The van der Waals surface area contributed by atoms with E-state index in [0.29, 0.717) is 5.56 Å². The molecule has 0 aliphatic carbocycles. The van der Waals surface area contributed by atoms with E-state index < -0.39 is 10.0 Å². The zero-order valence-electron chi connectivity index (χ0n) is 12.4. The SMILES string of the molecule is CN(C)C(C)(C)CNS(=O)(=O)c1cc(CO)c(Cl)cc1Cl. The maximum absolute atomic E-state index is 12.4. The standard InChI is InChI=1S/C13H20Cl2N2O3S/c1-13(2,17(3)4)8-16-21(19,20)12-5-9(7-18)10(14)6-11(12)15/h5-6,16,18H,7-8H2,1-4H3. The lowest BCUT2D eigenvalue weighted by atomic mass is 10.1. The van der Waals surface area contributed by atoms with E-state index in [-0.39, 0.29) is 33.6 Å². The van der Waals surface area contributed by atoms with Gasteiger partial charge in [0.05, 0.1) is 11.6 Å². The van der Waals surface area contributed by atoms with Crippen molar-refractivity contribution in [3.05, 3.63) is 27.7 Å². The zero-order valence-corrected chi connectivity index (χ0v) is 14.8. The minimum absolute atomic E-state index is 0.0207. The molecular formula is C13H20Cl2N2O3S. The highest BCUT2D eigenvalue weighted by molar-refractivity contribution is 7.89. The van der Waals surface area contributed by atoms with E-state index in [2.05, 4.69) is 4.72 Å². The predicted molar refractivity (Wildman–Crippen MR) is 85.3 cm³/mol. The quantitative estimate of drug-likeness (QED) is 0.820. The van der Waals surface area contributed by atoms with Crippen molar-refractivity contribution in [2.45, 2.75) is 30.9 Å². The number of nitrogens with one attached hydrogen (secondary N) is 1. The molecule has 0 aromatic heterocycles. The van der Waals surface area contributed by atoms with Gasteiger partial charge < -0.3 is 10.0 Å². The number of halogens is 2. The number of hydrogen-bond acceptors (Lipinski definition) is 4. The van der Waals surface area contributed by atoms with Gasteiger partial charge in [-0.25, -0.2) is 13.1 Å². The van der Waals surface area contributed by atoms with E-state index in [1.807, 2.05) is 32.8 Å². The van der Waals surface area contributed by atoms with Crippen LogP contribution in [0.3, 0.4) is 0 Å². The van der Waals surface area contributed by atoms with E-state index in [1.165, 1.54) is 12.1 Å². The van der Waals surface area contributed by atoms with Crippen LogP contribution in [0.4, 0.5) is 0 Å². The second-order valence-corrected chi connectivity index (χ2v) is 8.11. The van der Waals surface area contributed by atoms with Gasteiger partial charge in [0, 0.05) is 17.1 Å². The largest absolute Gasteiger partial charge is 0.392 e. The third-order valence-corrected chi connectivity index (χ3v) is 5.68. The molecule has 0 saturated heterocycles. The number of aliphatic hydroxyl groups is 1. The smallest absolute Gasteiger partial charge is 0.242 e. The summed E-state index contributed by atoms with van der Waals surface area (Å²) in [7, 11) is -0.0484. The van der Waals surface area contributed by atoms with Crippen molar-refractivity contribution in [1.29, 1.82) is 0 Å². The van der Waals surface area contributed by atoms with E-state index in [1.54, 1.807) is 0 Å². The van der Waals surface area contributed by atoms with Crippen LogP contribution in [-0.2, 0) is 16.6 Å². The van der Waals surface area contributed by atoms with Gasteiger partial charge in [-0.3, -0.25) is 0 Å². The van der Waals surface area contributed by atoms with Crippen LogP contribution in [-0.4, -0.2) is 44.6 Å². The molecule has 1 aromatic rings. The molecule has 0 heterocycles. The molecule has 0 spiro atoms. The number of sulfonamides is 1. The van der Waals surface area contributed by atoms with Crippen LogP contribution >= 0.6 is 23.2 Å². The highest BCUT2D eigenvalue weighted by Crippen LogP contribution is 2.28. The molecule has 2 N–H and O–H groups in total. The van der Waals surface area contributed by atoms with E-state index in [9.17, 15) is 13.5 Å². The summed E-state index contributed by atoms with van der Waals surface area (Å²) in [5.41, 5.74) is -0.0421. The van der Waals surface area contributed by atoms with Gasteiger partial charge in [0.25, 0.3) is 0 Å². The number of rotatable bonds is 6. The number of likely N-dealkylation sites (N-methyl/N-ethyl adjacent to an activating group) is 1. The summed E-state index contributed by atoms with van der Waals surface area (Å²) in [5.74, 6) is 0. The molecule has 5 nitrogen and oxygen atoms in total. The van der Waals surface area contributed by atoms with E-state index in [0.717, 1.165) is 0 Å². The summed E-state index contributed by atoms with van der Waals surface area (Å²) >= 11 is 11.8. The second-order valence-electron chi connectivity index (χ2n) is 5.56. The molecule has 1 aromatic carbocycles. The topological polar surface area (TPSA) is 69.6 Å². The molecule has 0 aliphatic heterocycles. The summed E-state index contributed by atoms with van der Waals surface area (Å²) in [6.07, 6.45) is 0. The Morgan fingerprint density at radius 2 is 1.81 bits per heavy atom. The summed E-state index contributed by atoms with van der Waals surface area (Å²) in [6.45, 7) is 3.69. The van der Waals surface area contributed by atoms with Gasteiger partial charge in [-0.05, 0) is 45.6 Å². The second kappa shape index (κ2) is 6.81. The number of aliphatic hydroxyl groups excluding tert-OH is 1. The van der Waals surface area contributed by atoms with E-state index >= 15 is 0 Å². The van der Waals surface area contributed by atoms with Crippen molar-refractivity contribution in [2.75, 3.05) is 20.6 Å². The van der Waals surface area contributed by atoms with Crippen LogP contribution in [0.1, 0.15) is 19.4 Å². The summed E-state index contributed by atoms with van der Waals surface area (Å²) in [6, 6.07) is 2.61. The maximum Gasteiger partial charge on any atom is 0.242 e. The highest BCUT2D eigenvalue weighted by atomic mass is 35.5. The van der Waals surface area contributed by atoms with Gasteiger partial charge in [0.2, 0.25) is 10.0 Å². The summed E-state index contributed by atoms with van der Waals surface area (Å²) < 4.78 is 27.3. The molecule has 0 atom stereocenters. The fourth-order valence-corrected chi connectivity index (χ4v) is 3.47. The van der Waals surface area contributed by atoms with Gasteiger partial charge in [0.1, 0.15) is 4.90 Å². The predicted octanol–water partition coefficient (Wildman–Crippen LogP) is 2.10. The molecule has 0 fully saturated rings. The summed E-state index contributed by atoms with van der Waals surface area (Å²) in [4.78, 5) is 1.82.